The molecule has 0 bridgehead atoms. The van der Waals surface area contributed by atoms with Gasteiger partial charge in [-0.2, -0.15) is 4.98 Å². The number of imidazole rings is 1. The highest BCUT2D eigenvalue weighted by atomic mass is 16.6. The number of carbonyl (C=O) groups excluding carboxylic acids is 2. The molecule has 0 saturated carbocycles. The van der Waals surface area contributed by atoms with Crippen LogP contribution in [0.15, 0.2) is 11.6 Å². The summed E-state index contributed by atoms with van der Waals surface area (Å²) >= 11 is 0. The summed E-state index contributed by atoms with van der Waals surface area (Å²) in [5.74, 6) is 0.257. The van der Waals surface area contributed by atoms with Crippen LogP contribution >= 0.6 is 0 Å². The molecule has 9 heteroatoms. The van der Waals surface area contributed by atoms with Crippen molar-refractivity contribution in [3.63, 3.8) is 0 Å². The third kappa shape index (κ3) is 6.40. The van der Waals surface area contributed by atoms with Crippen molar-refractivity contribution in [3.05, 3.63) is 17.3 Å². The highest BCUT2D eigenvalue weighted by molar-refractivity contribution is 5.93. The number of nitrogens with zero attached hydrogens (tertiary/aromatic N) is 3. The molecule has 1 aliphatic rings. The van der Waals surface area contributed by atoms with E-state index in [1.165, 1.54) is 0 Å². The van der Waals surface area contributed by atoms with Crippen LogP contribution in [0.2, 0.25) is 0 Å². The minimum atomic E-state index is -0.554. The summed E-state index contributed by atoms with van der Waals surface area (Å²) in [6.07, 6.45) is 3.28. The van der Waals surface area contributed by atoms with Gasteiger partial charge in [-0.25, -0.2) is 9.59 Å². The zero-order valence-corrected chi connectivity index (χ0v) is 18.9. The Balaban J connectivity index is 2.26. The number of allylic oxidation sites excluding steroid dienone is 2. The standard InChI is InChI=1S/C21H35N5O4/c1-7-29-18(27)16-17(22)24-19(26(16)12-10-14(2)3)25-11-8-9-15(13-25)23-20(28)30-21(4,5)6/h10,15H,7-9,11-13,22H2,1-6H3,(H,23,28)/t15-/m1/s1. The Hall–Kier alpha value is -2.71. The summed E-state index contributed by atoms with van der Waals surface area (Å²) in [5.41, 5.74) is 6.92. The van der Waals surface area contributed by atoms with Gasteiger partial charge in [0.05, 0.1) is 6.61 Å². The van der Waals surface area contributed by atoms with Crippen molar-refractivity contribution in [2.45, 2.75) is 72.6 Å². The Labute approximate surface area is 178 Å². The number of aromatic nitrogens is 2. The fourth-order valence-corrected chi connectivity index (χ4v) is 3.31. The van der Waals surface area contributed by atoms with Gasteiger partial charge in [0.2, 0.25) is 5.95 Å². The normalized spacial score (nSPS) is 16.7. The van der Waals surface area contributed by atoms with Crippen LogP contribution in [0.25, 0.3) is 0 Å². The van der Waals surface area contributed by atoms with Gasteiger partial charge in [-0.1, -0.05) is 11.6 Å². The lowest BCUT2D eigenvalue weighted by Gasteiger charge is -2.34. The number of nitrogens with two attached hydrogens (primary N) is 1. The van der Waals surface area contributed by atoms with Crippen LogP contribution in [0.3, 0.4) is 0 Å². The monoisotopic (exact) mass is 421 g/mol. The second-order valence-electron chi connectivity index (χ2n) is 8.69. The Morgan fingerprint density at radius 3 is 2.63 bits per heavy atom. The largest absolute Gasteiger partial charge is 0.461 e. The lowest BCUT2D eigenvalue weighted by atomic mass is 10.1. The van der Waals surface area contributed by atoms with Crippen LogP contribution in [0.5, 0.6) is 0 Å². The van der Waals surface area contributed by atoms with E-state index in [9.17, 15) is 9.59 Å². The van der Waals surface area contributed by atoms with E-state index < -0.39 is 17.7 Å². The molecule has 30 heavy (non-hydrogen) atoms. The number of hydrogen-bond donors (Lipinski definition) is 2. The van der Waals surface area contributed by atoms with Gasteiger partial charge in [-0.3, -0.25) is 4.57 Å². The molecule has 2 heterocycles. The molecule has 1 saturated heterocycles. The number of ether oxygens (including phenoxy) is 2. The molecule has 1 aromatic heterocycles. The van der Waals surface area contributed by atoms with Gasteiger partial charge in [0.1, 0.15) is 5.60 Å². The van der Waals surface area contributed by atoms with Crippen LogP contribution in [0.4, 0.5) is 16.6 Å². The first-order valence-electron chi connectivity index (χ1n) is 10.4. The van der Waals surface area contributed by atoms with E-state index in [-0.39, 0.29) is 24.2 Å². The molecule has 0 spiro atoms. The number of anilines is 2. The number of esters is 1. The number of piperidine rings is 1. The average molecular weight is 422 g/mol. The molecule has 0 aromatic carbocycles. The molecule has 1 aromatic rings. The number of rotatable bonds is 6. The number of alkyl carbamates (subject to hydrolysis) is 1. The molecule has 3 N–H and O–H groups in total. The van der Waals surface area contributed by atoms with Gasteiger partial charge in [0.15, 0.2) is 11.5 Å². The molecular weight excluding hydrogens is 386 g/mol. The highest BCUT2D eigenvalue weighted by Crippen LogP contribution is 2.26. The van der Waals surface area contributed by atoms with Gasteiger partial charge in [0.25, 0.3) is 0 Å². The van der Waals surface area contributed by atoms with Crippen LogP contribution in [0, 0.1) is 0 Å². The molecule has 9 nitrogen and oxygen atoms in total. The molecule has 1 amide bonds. The van der Waals surface area contributed by atoms with Crippen molar-refractivity contribution in [2.24, 2.45) is 0 Å². The molecule has 0 radical (unpaired) electrons. The van der Waals surface area contributed by atoms with Crippen LogP contribution in [-0.4, -0.2) is 53.0 Å². The van der Waals surface area contributed by atoms with Crippen molar-refractivity contribution in [3.8, 4) is 0 Å². The Morgan fingerprint density at radius 2 is 2.03 bits per heavy atom. The quantitative estimate of drug-likeness (QED) is 0.536. The summed E-state index contributed by atoms with van der Waals surface area (Å²) in [6.45, 7) is 13.2. The molecule has 1 atom stereocenters. The maximum absolute atomic E-state index is 12.5. The first-order valence-corrected chi connectivity index (χ1v) is 10.4. The molecule has 0 unspecified atom stereocenters. The van der Waals surface area contributed by atoms with E-state index in [1.807, 2.05) is 45.6 Å². The summed E-state index contributed by atoms with van der Waals surface area (Å²) in [6, 6.07) is -0.0885. The Morgan fingerprint density at radius 1 is 1.33 bits per heavy atom. The molecule has 1 aliphatic heterocycles. The smallest absolute Gasteiger partial charge is 0.407 e. The Kier molecular flexibility index (Phi) is 7.75. The Bertz CT molecular complexity index is 790. The van der Waals surface area contributed by atoms with E-state index in [2.05, 4.69) is 10.3 Å². The number of nitrogens with one attached hydrogen (secondary N) is 1. The van der Waals surface area contributed by atoms with Crippen molar-refractivity contribution in [1.29, 1.82) is 0 Å². The van der Waals surface area contributed by atoms with Gasteiger partial charge < -0.3 is 25.4 Å². The lowest BCUT2D eigenvalue weighted by Crippen LogP contribution is -2.49. The maximum atomic E-state index is 12.5. The minimum absolute atomic E-state index is 0.0885. The molecule has 1 fully saturated rings. The SMILES string of the molecule is CCOC(=O)c1c(N)nc(N2CCC[C@@H](NC(=O)OC(C)(C)C)C2)n1CC=C(C)C. The summed E-state index contributed by atoms with van der Waals surface area (Å²) in [5, 5.41) is 2.93. The number of hydrogen-bond acceptors (Lipinski definition) is 7. The zero-order chi connectivity index (χ0) is 22.5. The topological polar surface area (TPSA) is 112 Å². The molecule has 168 valence electrons. The van der Waals surface area contributed by atoms with Gasteiger partial charge in [-0.05, 0) is 54.4 Å². The predicted octanol–water partition coefficient (Wildman–Crippen LogP) is 3.10. The van der Waals surface area contributed by atoms with E-state index in [1.54, 1.807) is 11.5 Å². The minimum Gasteiger partial charge on any atom is -0.461 e. The highest BCUT2D eigenvalue weighted by Gasteiger charge is 2.30. The van der Waals surface area contributed by atoms with Crippen LogP contribution in [0.1, 0.15) is 64.9 Å². The lowest BCUT2D eigenvalue weighted by molar-refractivity contribution is 0.0496. The van der Waals surface area contributed by atoms with Crippen molar-refractivity contribution >= 4 is 23.8 Å². The van der Waals surface area contributed by atoms with Gasteiger partial charge >= 0.3 is 12.1 Å². The third-order valence-electron chi connectivity index (χ3n) is 4.55. The summed E-state index contributed by atoms with van der Waals surface area (Å²) < 4.78 is 12.3. The van der Waals surface area contributed by atoms with E-state index in [4.69, 9.17) is 15.2 Å². The summed E-state index contributed by atoms with van der Waals surface area (Å²) in [4.78, 5) is 31.2. The molecule has 2 rings (SSSR count). The van der Waals surface area contributed by atoms with E-state index in [0.717, 1.165) is 25.0 Å². The van der Waals surface area contributed by atoms with Crippen LogP contribution in [-0.2, 0) is 16.0 Å². The fraction of sp³-hybridized carbons (Fsp3) is 0.667. The zero-order valence-electron chi connectivity index (χ0n) is 18.9. The third-order valence-corrected chi connectivity index (χ3v) is 4.55. The maximum Gasteiger partial charge on any atom is 0.407 e. The van der Waals surface area contributed by atoms with Gasteiger partial charge in [0, 0.05) is 25.7 Å². The second kappa shape index (κ2) is 9.86. The van der Waals surface area contributed by atoms with Crippen molar-refractivity contribution < 1.29 is 19.1 Å². The first-order chi connectivity index (χ1) is 14.0. The predicted molar refractivity (Wildman–Crippen MR) is 117 cm³/mol. The summed E-state index contributed by atoms with van der Waals surface area (Å²) in [7, 11) is 0. The molecule has 0 aliphatic carbocycles. The second-order valence-corrected chi connectivity index (χ2v) is 8.69. The fourth-order valence-electron chi connectivity index (χ4n) is 3.31. The van der Waals surface area contributed by atoms with Gasteiger partial charge in [-0.15, -0.1) is 0 Å². The van der Waals surface area contributed by atoms with Crippen molar-refractivity contribution in [2.75, 3.05) is 30.3 Å². The first kappa shape index (κ1) is 23.6. The number of nitrogen functional groups attached to an aromatic ring is 1. The molecular formula is C21H35N5O4. The van der Waals surface area contributed by atoms with Crippen molar-refractivity contribution in [1.82, 2.24) is 14.9 Å². The van der Waals surface area contributed by atoms with E-state index in [0.29, 0.717) is 19.0 Å². The number of amides is 1. The van der Waals surface area contributed by atoms with E-state index >= 15 is 0 Å². The van der Waals surface area contributed by atoms with Crippen LogP contribution < -0.4 is 16.0 Å². The number of carbonyl (C=O) groups is 2. The average Bonchev–Trinajstić information content (AvgIpc) is 2.95.